The molecule has 2 aliphatic heterocycles. The summed E-state index contributed by atoms with van der Waals surface area (Å²) in [5, 5.41) is 0. The van der Waals surface area contributed by atoms with Crippen LogP contribution in [-0.4, -0.2) is 41.3 Å². The van der Waals surface area contributed by atoms with E-state index in [-0.39, 0.29) is 6.04 Å². The Labute approximate surface area is 126 Å². The van der Waals surface area contributed by atoms with Crippen LogP contribution >= 0.6 is 15.9 Å². The van der Waals surface area contributed by atoms with E-state index in [1.165, 1.54) is 0 Å². The number of carbonyl (C=O) groups is 2. The van der Waals surface area contributed by atoms with Crippen LogP contribution in [0, 0.1) is 0 Å². The first kappa shape index (κ1) is 15.1. The zero-order valence-corrected chi connectivity index (χ0v) is 13.6. The van der Waals surface area contributed by atoms with E-state index < -0.39 is 23.7 Å². The summed E-state index contributed by atoms with van der Waals surface area (Å²) in [4.78, 5) is 25.8. The van der Waals surface area contributed by atoms with E-state index in [4.69, 9.17) is 9.47 Å². The topological polar surface area (TPSA) is 55.8 Å². The monoisotopic (exact) mass is 343 g/mol. The van der Waals surface area contributed by atoms with Crippen LogP contribution in [0.1, 0.15) is 27.7 Å². The van der Waals surface area contributed by atoms with Crippen molar-refractivity contribution in [3.8, 4) is 0 Å². The van der Waals surface area contributed by atoms with Crippen molar-refractivity contribution >= 4 is 28.0 Å². The van der Waals surface area contributed by atoms with Crippen molar-refractivity contribution in [1.82, 2.24) is 4.90 Å². The molecule has 2 rings (SSSR count). The summed E-state index contributed by atoms with van der Waals surface area (Å²) < 4.78 is 11.1. The molecule has 2 aliphatic rings. The largest absolute Gasteiger partial charge is 0.463 e. The number of carbonyl (C=O) groups excluding carboxylic acids is 2. The maximum atomic E-state index is 12.3. The van der Waals surface area contributed by atoms with Crippen LogP contribution in [0.2, 0.25) is 0 Å². The molecule has 0 radical (unpaired) electrons. The Kier molecular flexibility index (Phi) is 3.95. The molecule has 2 bridgehead atoms. The van der Waals surface area contributed by atoms with E-state index >= 15 is 0 Å². The lowest BCUT2D eigenvalue weighted by molar-refractivity contribution is -0.138. The van der Waals surface area contributed by atoms with Crippen LogP contribution in [0.4, 0.5) is 4.79 Å². The maximum absolute atomic E-state index is 12.3. The van der Waals surface area contributed by atoms with E-state index in [9.17, 15) is 9.59 Å². The third kappa shape index (κ3) is 2.61. The van der Waals surface area contributed by atoms with Crippen LogP contribution in [0.3, 0.4) is 0 Å². The zero-order chi connectivity index (χ0) is 15.1. The van der Waals surface area contributed by atoms with Crippen molar-refractivity contribution in [1.29, 1.82) is 0 Å². The first-order chi connectivity index (χ1) is 9.26. The number of ether oxygens (including phenoxy) is 2. The summed E-state index contributed by atoms with van der Waals surface area (Å²) in [6.45, 7) is 7.48. The van der Waals surface area contributed by atoms with Crippen molar-refractivity contribution in [3.05, 3.63) is 22.2 Å². The van der Waals surface area contributed by atoms with Crippen LogP contribution < -0.4 is 0 Å². The molecule has 0 unspecified atom stereocenters. The molecular formula is C14H18BrNO4. The molecule has 0 N–H and O–H groups in total. The number of fused-ring (bicyclic) bond motifs is 2. The maximum Gasteiger partial charge on any atom is 0.411 e. The number of esters is 1. The van der Waals surface area contributed by atoms with Gasteiger partial charge < -0.3 is 9.47 Å². The first-order valence-corrected chi connectivity index (χ1v) is 7.32. The minimum absolute atomic E-state index is 0.283. The fourth-order valence-corrected chi connectivity index (χ4v) is 3.05. The van der Waals surface area contributed by atoms with Crippen molar-refractivity contribution in [2.75, 3.05) is 6.61 Å². The molecule has 110 valence electrons. The van der Waals surface area contributed by atoms with Gasteiger partial charge in [-0.15, -0.1) is 0 Å². The highest BCUT2D eigenvalue weighted by Gasteiger charge is 2.48. The number of hydrogen-bond donors (Lipinski definition) is 0. The predicted molar refractivity (Wildman–Crippen MR) is 77.4 cm³/mol. The first-order valence-electron chi connectivity index (χ1n) is 6.52. The third-order valence-corrected chi connectivity index (χ3v) is 3.88. The highest BCUT2D eigenvalue weighted by molar-refractivity contribution is 9.11. The summed E-state index contributed by atoms with van der Waals surface area (Å²) in [6, 6.07) is -0.697. The van der Waals surface area contributed by atoms with Gasteiger partial charge in [0.15, 0.2) is 0 Å². The zero-order valence-electron chi connectivity index (χ0n) is 12.0. The van der Waals surface area contributed by atoms with Gasteiger partial charge in [-0.2, -0.15) is 0 Å². The van der Waals surface area contributed by atoms with E-state index in [0.717, 1.165) is 0 Å². The Morgan fingerprint density at radius 1 is 1.30 bits per heavy atom. The van der Waals surface area contributed by atoms with Gasteiger partial charge in [0.2, 0.25) is 0 Å². The van der Waals surface area contributed by atoms with Crippen molar-refractivity contribution in [2.24, 2.45) is 0 Å². The Balaban J connectivity index is 2.19. The molecule has 0 saturated carbocycles. The van der Waals surface area contributed by atoms with Crippen LogP contribution in [-0.2, 0) is 14.3 Å². The van der Waals surface area contributed by atoms with Gasteiger partial charge in [-0.25, -0.2) is 9.59 Å². The van der Waals surface area contributed by atoms with Gasteiger partial charge in [-0.05, 0) is 27.7 Å². The summed E-state index contributed by atoms with van der Waals surface area (Å²) >= 11 is 3.40. The summed E-state index contributed by atoms with van der Waals surface area (Å²) in [7, 11) is 0. The van der Waals surface area contributed by atoms with Gasteiger partial charge >= 0.3 is 12.1 Å². The minimum atomic E-state index is -0.574. The SMILES string of the molecule is CCOC(=O)C1=C(Br)[C@H]2C=C[C@@H]1N2C(=O)OC(C)(C)C. The van der Waals surface area contributed by atoms with Gasteiger partial charge in [0, 0.05) is 4.48 Å². The highest BCUT2D eigenvalue weighted by Crippen LogP contribution is 2.41. The fraction of sp³-hybridized carbons (Fsp3) is 0.571. The number of nitrogens with zero attached hydrogens (tertiary/aromatic N) is 1. The third-order valence-electron chi connectivity index (χ3n) is 2.99. The number of hydrogen-bond acceptors (Lipinski definition) is 4. The summed E-state index contributed by atoms with van der Waals surface area (Å²) in [5.74, 6) is -0.398. The van der Waals surface area contributed by atoms with Crippen molar-refractivity contribution < 1.29 is 19.1 Å². The molecule has 2 heterocycles. The lowest BCUT2D eigenvalue weighted by Crippen LogP contribution is -2.42. The van der Waals surface area contributed by atoms with Crippen LogP contribution in [0.5, 0.6) is 0 Å². The molecule has 2 atom stereocenters. The van der Waals surface area contributed by atoms with E-state index in [1.807, 2.05) is 32.9 Å². The molecule has 0 aliphatic carbocycles. The molecular weight excluding hydrogens is 326 g/mol. The van der Waals surface area contributed by atoms with Crippen molar-refractivity contribution in [2.45, 2.75) is 45.4 Å². The second-order valence-corrected chi connectivity index (χ2v) is 6.50. The Hall–Kier alpha value is -1.30. The average Bonchev–Trinajstić information content (AvgIpc) is 2.82. The predicted octanol–water partition coefficient (Wildman–Crippen LogP) is 2.76. The molecule has 0 saturated heterocycles. The van der Waals surface area contributed by atoms with E-state index in [1.54, 1.807) is 11.8 Å². The molecule has 1 amide bonds. The Bertz CT molecular complexity index is 504. The lowest BCUT2D eigenvalue weighted by Gasteiger charge is -2.28. The molecule has 20 heavy (non-hydrogen) atoms. The summed E-state index contributed by atoms with van der Waals surface area (Å²) in [6.07, 6.45) is 3.27. The van der Waals surface area contributed by atoms with Crippen molar-refractivity contribution in [3.63, 3.8) is 0 Å². The molecule has 6 heteroatoms. The summed E-state index contributed by atoms with van der Waals surface area (Å²) in [5.41, 5.74) is -0.0967. The molecule has 0 aromatic heterocycles. The van der Waals surface area contributed by atoms with Gasteiger partial charge in [-0.3, -0.25) is 4.90 Å². The molecule has 0 aromatic carbocycles. The highest BCUT2D eigenvalue weighted by atomic mass is 79.9. The van der Waals surface area contributed by atoms with Gasteiger partial charge in [-0.1, -0.05) is 28.1 Å². The second-order valence-electron chi connectivity index (χ2n) is 5.64. The number of halogens is 1. The van der Waals surface area contributed by atoms with Gasteiger partial charge in [0.1, 0.15) is 5.60 Å². The minimum Gasteiger partial charge on any atom is -0.463 e. The lowest BCUT2D eigenvalue weighted by atomic mass is 10.1. The molecule has 0 aromatic rings. The van der Waals surface area contributed by atoms with E-state index in [0.29, 0.717) is 16.7 Å². The quantitative estimate of drug-likeness (QED) is 0.571. The molecule has 0 fully saturated rings. The molecule has 0 spiro atoms. The fourth-order valence-electron chi connectivity index (χ4n) is 2.28. The van der Waals surface area contributed by atoms with Crippen LogP contribution in [0.25, 0.3) is 0 Å². The molecule has 5 nitrogen and oxygen atoms in total. The number of rotatable bonds is 2. The normalized spacial score (nSPS) is 24.4. The standard InChI is InChI=1S/C14H18BrNO4/c1-5-19-12(17)10-8-6-7-9(11(10)15)16(8)13(18)20-14(2,3)4/h6-9H,5H2,1-4H3/t8-,9+/m0/s1. The second kappa shape index (κ2) is 5.24. The smallest absolute Gasteiger partial charge is 0.411 e. The van der Waals surface area contributed by atoms with Gasteiger partial charge in [0.25, 0.3) is 0 Å². The Morgan fingerprint density at radius 2 is 1.90 bits per heavy atom. The van der Waals surface area contributed by atoms with E-state index in [2.05, 4.69) is 15.9 Å². The van der Waals surface area contributed by atoms with Gasteiger partial charge in [0.05, 0.1) is 24.3 Å². The number of amides is 1. The average molecular weight is 344 g/mol. The van der Waals surface area contributed by atoms with Crippen LogP contribution in [0.15, 0.2) is 22.2 Å². The Morgan fingerprint density at radius 3 is 2.45 bits per heavy atom.